The maximum Gasteiger partial charge on any atom is 0.233 e. The van der Waals surface area contributed by atoms with E-state index in [1.165, 1.54) is 31.2 Å². The Balaban J connectivity index is 1.12. The normalized spacial score (nSPS) is 20.5. The number of carbonyl (C=O) groups is 1. The highest BCUT2D eigenvalue weighted by Crippen LogP contribution is 2.45. The summed E-state index contributed by atoms with van der Waals surface area (Å²) in [4.78, 5) is 16.3. The zero-order valence-corrected chi connectivity index (χ0v) is 17.0. The van der Waals surface area contributed by atoms with Gasteiger partial charge in [-0.05, 0) is 25.7 Å². The van der Waals surface area contributed by atoms with Crippen molar-refractivity contribution in [3.63, 3.8) is 0 Å². The summed E-state index contributed by atoms with van der Waals surface area (Å²) in [5.41, 5.74) is 1.37. The molecule has 148 valence electrons. The first-order valence-corrected chi connectivity index (χ1v) is 11.5. The number of piperazine rings is 1. The molecule has 0 radical (unpaired) electrons. The van der Waals surface area contributed by atoms with Gasteiger partial charge in [-0.2, -0.15) is 0 Å². The van der Waals surface area contributed by atoms with Crippen LogP contribution in [0.2, 0.25) is 0 Å². The number of nitrogens with zero attached hydrogens (tertiary/aromatic N) is 4. The Kier molecular flexibility index (Phi) is 5.11. The van der Waals surface area contributed by atoms with E-state index in [-0.39, 0.29) is 5.91 Å². The SMILES string of the molecule is O=C(CSc1nnc(C2CC2)n1C1CC1)N1CC[NH+](Cc2ccccc2)CC1. The molecule has 1 amide bonds. The molecule has 1 aromatic heterocycles. The van der Waals surface area contributed by atoms with Crippen LogP contribution in [0.25, 0.3) is 0 Å². The molecule has 6 nitrogen and oxygen atoms in total. The standard InChI is InChI=1S/C21H27N5OS/c27-19(25-12-10-24(11-13-25)14-16-4-2-1-3-5-16)15-28-21-23-22-20(17-6-7-17)26(21)18-8-9-18/h1-5,17-18H,6-15H2/p+1. The Bertz CT molecular complexity index is 823. The predicted molar refractivity (Wildman–Crippen MR) is 108 cm³/mol. The Hall–Kier alpha value is -1.86. The van der Waals surface area contributed by atoms with Crippen LogP contribution in [-0.4, -0.2) is 57.5 Å². The summed E-state index contributed by atoms with van der Waals surface area (Å²) >= 11 is 1.58. The summed E-state index contributed by atoms with van der Waals surface area (Å²) in [6.07, 6.45) is 4.94. The fraction of sp³-hybridized carbons (Fsp3) is 0.571. The highest BCUT2D eigenvalue weighted by molar-refractivity contribution is 7.99. The number of aromatic nitrogens is 3. The van der Waals surface area contributed by atoms with E-state index in [0.29, 0.717) is 17.7 Å². The lowest BCUT2D eigenvalue weighted by molar-refractivity contribution is -0.917. The monoisotopic (exact) mass is 398 g/mol. The molecule has 0 spiro atoms. The number of hydrogen-bond donors (Lipinski definition) is 1. The van der Waals surface area contributed by atoms with E-state index in [1.807, 2.05) is 4.90 Å². The number of quaternary nitrogens is 1. The number of carbonyl (C=O) groups excluding carboxylic acids is 1. The molecule has 0 bridgehead atoms. The minimum atomic E-state index is 0.238. The molecule has 5 rings (SSSR count). The first-order chi connectivity index (χ1) is 13.8. The second-order valence-corrected chi connectivity index (χ2v) is 9.24. The molecule has 1 N–H and O–H groups in total. The summed E-state index contributed by atoms with van der Waals surface area (Å²) < 4.78 is 2.33. The molecule has 3 fully saturated rings. The minimum Gasteiger partial charge on any atom is -0.331 e. The van der Waals surface area contributed by atoms with E-state index in [2.05, 4.69) is 45.1 Å². The van der Waals surface area contributed by atoms with Crippen LogP contribution in [0.5, 0.6) is 0 Å². The summed E-state index contributed by atoms with van der Waals surface area (Å²) in [6.45, 7) is 4.80. The van der Waals surface area contributed by atoms with Crippen LogP contribution in [0.3, 0.4) is 0 Å². The summed E-state index contributed by atoms with van der Waals surface area (Å²) in [7, 11) is 0. The van der Waals surface area contributed by atoms with Crippen molar-refractivity contribution in [3.05, 3.63) is 41.7 Å². The fourth-order valence-electron chi connectivity index (χ4n) is 4.03. The van der Waals surface area contributed by atoms with Crippen LogP contribution < -0.4 is 4.90 Å². The van der Waals surface area contributed by atoms with Crippen LogP contribution in [0.1, 0.15) is 49.0 Å². The number of thioether (sulfide) groups is 1. The van der Waals surface area contributed by atoms with Gasteiger partial charge in [-0.1, -0.05) is 42.1 Å². The first kappa shape index (κ1) is 18.2. The summed E-state index contributed by atoms with van der Waals surface area (Å²) in [5, 5.41) is 9.81. The van der Waals surface area contributed by atoms with Gasteiger partial charge in [0.05, 0.1) is 31.9 Å². The van der Waals surface area contributed by atoms with Crippen molar-refractivity contribution >= 4 is 17.7 Å². The van der Waals surface area contributed by atoms with Crippen molar-refractivity contribution in [2.75, 3.05) is 31.9 Å². The quantitative estimate of drug-likeness (QED) is 0.719. The van der Waals surface area contributed by atoms with Gasteiger partial charge >= 0.3 is 0 Å². The molecule has 3 aliphatic rings. The van der Waals surface area contributed by atoms with E-state index in [1.54, 1.807) is 16.7 Å². The zero-order chi connectivity index (χ0) is 18.9. The molecule has 2 aromatic rings. The van der Waals surface area contributed by atoms with E-state index in [9.17, 15) is 4.79 Å². The lowest BCUT2D eigenvalue weighted by Crippen LogP contribution is -3.13. The number of hydrogen-bond acceptors (Lipinski definition) is 4. The van der Waals surface area contributed by atoms with Gasteiger partial charge in [-0.3, -0.25) is 4.79 Å². The molecule has 2 saturated carbocycles. The average Bonchev–Trinajstić information content (AvgIpc) is 3.66. The highest BCUT2D eigenvalue weighted by atomic mass is 32.2. The fourth-order valence-corrected chi connectivity index (χ4v) is 4.95. The van der Waals surface area contributed by atoms with Crippen molar-refractivity contribution in [2.45, 2.75) is 49.3 Å². The minimum absolute atomic E-state index is 0.238. The van der Waals surface area contributed by atoms with Gasteiger partial charge in [0.2, 0.25) is 5.91 Å². The topological polar surface area (TPSA) is 55.5 Å². The van der Waals surface area contributed by atoms with Crippen LogP contribution in [0.4, 0.5) is 0 Å². The summed E-state index contributed by atoms with van der Waals surface area (Å²) in [5.74, 6) is 2.49. The van der Waals surface area contributed by atoms with Crippen LogP contribution >= 0.6 is 11.8 Å². The molecular weight excluding hydrogens is 370 g/mol. The lowest BCUT2D eigenvalue weighted by Gasteiger charge is -2.32. The third-order valence-corrected chi connectivity index (χ3v) is 6.92. The van der Waals surface area contributed by atoms with Gasteiger partial charge in [0.25, 0.3) is 0 Å². The largest absolute Gasteiger partial charge is 0.331 e. The third kappa shape index (κ3) is 4.10. The Morgan fingerprint density at radius 1 is 1.07 bits per heavy atom. The van der Waals surface area contributed by atoms with Crippen molar-refractivity contribution in [1.82, 2.24) is 19.7 Å². The van der Waals surface area contributed by atoms with Crippen molar-refractivity contribution < 1.29 is 9.69 Å². The van der Waals surface area contributed by atoms with Crippen molar-refractivity contribution in [2.24, 2.45) is 0 Å². The van der Waals surface area contributed by atoms with Crippen molar-refractivity contribution in [1.29, 1.82) is 0 Å². The number of amides is 1. The molecule has 2 heterocycles. The van der Waals surface area contributed by atoms with Crippen LogP contribution in [0, 0.1) is 0 Å². The van der Waals surface area contributed by atoms with E-state index in [0.717, 1.165) is 43.7 Å². The number of benzene rings is 1. The van der Waals surface area contributed by atoms with Gasteiger partial charge in [-0.25, -0.2) is 0 Å². The molecule has 28 heavy (non-hydrogen) atoms. The molecule has 1 aromatic carbocycles. The van der Waals surface area contributed by atoms with Gasteiger partial charge in [0, 0.05) is 17.5 Å². The second-order valence-electron chi connectivity index (χ2n) is 8.30. The Morgan fingerprint density at radius 3 is 2.50 bits per heavy atom. The van der Waals surface area contributed by atoms with Gasteiger partial charge < -0.3 is 14.4 Å². The lowest BCUT2D eigenvalue weighted by atomic mass is 10.2. The van der Waals surface area contributed by atoms with Gasteiger partial charge in [0.1, 0.15) is 12.4 Å². The van der Waals surface area contributed by atoms with Crippen LogP contribution in [0.15, 0.2) is 35.5 Å². The molecular formula is C21H28N5OS+. The maximum atomic E-state index is 12.7. The molecule has 7 heteroatoms. The smallest absolute Gasteiger partial charge is 0.233 e. The number of nitrogens with one attached hydrogen (secondary N) is 1. The molecule has 0 atom stereocenters. The predicted octanol–water partition coefficient (Wildman–Crippen LogP) is 1.51. The Morgan fingerprint density at radius 2 is 1.82 bits per heavy atom. The van der Waals surface area contributed by atoms with E-state index < -0.39 is 0 Å². The van der Waals surface area contributed by atoms with Gasteiger partial charge in [0.15, 0.2) is 5.16 Å². The average molecular weight is 399 g/mol. The Labute approximate surface area is 170 Å². The summed E-state index contributed by atoms with van der Waals surface area (Å²) in [6, 6.07) is 11.2. The van der Waals surface area contributed by atoms with E-state index >= 15 is 0 Å². The maximum absolute atomic E-state index is 12.7. The molecule has 2 aliphatic carbocycles. The van der Waals surface area contributed by atoms with Crippen LogP contribution in [-0.2, 0) is 11.3 Å². The molecule has 1 saturated heterocycles. The zero-order valence-electron chi connectivity index (χ0n) is 16.2. The first-order valence-electron chi connectivity index (χ1n) is 10.5. The van der Waals surface area contributed by atoms with E-state index in [4.69, 9.17) is 0 Å². The van der Waals surface area contributed by atoms with Crippen molar-refractivity contribution in [3.8, 4) is 0 Å². The third-order valence-electron chi connectivity index (χ3n) is 5.99. The number of rotatable bonds is 7. The highest BCUT2D eigenvalue weighted by Gasteiger charge is 2.36. The molecule has 0 unspecified atom stereocenters. The molecule has 1 aliphatic heterocycles. The van der Waals surface area contributed by atoms with Gasteiger partial charge in [-0.15, -0.1) is 10.2 Å². The second kappa shape index (κ2) is 7.87.